The van der Waals surface area contributed by atoms with Gasteiger partial charge in [0, 0.05) is 0 Å². The molecular weight excluding hydrogens is 223 g/mol. The molecule has 0 atom stereocenters. The van der Waals surface area contributed by atoms with Crippen LogP contribution in [0, 0.1) is 0 Å². The summed E-state index contributed by atoms with van der Waals surface area (Å²) in [5.41, 5.74) is 3.69. The number of hydrogen-bond acceptors (Lipinski definition) is 0. The Morgan fingerprint density at radius 1 is 0.529 bits per heavy atom. The summed E-state index contributed by atoms with van der Waals surface area (Å²) < 4.78 is 0. The molecule has 100 valence electrons. The van der Waals surface area contributed by atoms with Crippen LogP contribution in [-0.2, 0) is 0 Å². The van der Waals surface area contributed by atoms with E-state index < -0.39 is 7.26 Å². The van der Waals surface area contributed by atoms with Crippen molar-refractivity contribution in [3.8, 4) is 0 Å². The Labute approximate surface area is 108 Å². The quantitative estimate of drug-likeness (QED) is 0.608. The second-order valence-corrected chi connectivity index (χ2v) is 12.5. The Morgan fingerprint density at radius 3 is 1.00 bits per heavy atom. The first-order chi connectivity index (χ1) is 8.32. The van der Waals surface area contributed by atoms with E-state index in [0.717, 1.165) is 0 Å². The molecule has 0 N–H and O–H groups in total. The second-order valence-electron chi connectivity index (χ2n) is 7.31. The molecule has 3 aliphatic carbocycles. The van der Waals surface area contributed by atoms with E-state index in [4.69, 9.17) is 0 Å². The van der Waals surface area contributed by atoms with E-state index in [2.05, 4.69) is 6.66 Å². The summed E-state index contributed by atoms with van der Waals surface area (Å²) in [7, 11) is -0.950. The molecule has 0 aromatic rings. The van der Waals surface area contributed by atoms with Crippen molar-refractivity contribution in [1.82, 2.24) is 0 Å². The Bertz CT molecular complexity index is 201. The number of rotatable bonds is 3. The van der Waals surface area contributed by atoms with Crippen LogP contribution in [0.2, 0.25) is 0 Å². The van der Waals surface area contributed by atoms with E-state index in [1.165, 1.54) is 17.0 Å². The van der Waals surface area contributed by atoms with Gasteiger partial charge in [0.05, 0.1) is 0 Å². The van der Waals surface area contributed by atoms with Crippen molar-refractivity contribution in [2.75, 3.05) is 6.66 Å². The molecule has 0 amide bonds. The van der Waals surface area contributed by atoms with Gasteiger partial charge in [0.15, 0.2) is 0 Å². The predicted molar refractivity (Wildman–Crippen MR) is 81.0 cm³/mol. The fraction of sp³-hybridized carbons (Fsp3) is 1.00. The number of hydrogen-bond donors (Lipinski definition) is 0. The van der Waals surface area contributed by atoms with Crippen LogP contribution in [0.25, 0.3) is 0 Å². The van der Waals surface area contributed by atoms with Gasteiger partial charge in [0.25, 0.3) is 0 Å². The van der Waals surface area contributed by atoms with Crippen LogP contribution in [0.3, 0.4) is 0 Å². The summed E-state index contributed by atoms with van der Waals surface area (Å²) in [6.45, 7) is 2.86. The van der Waals surface area contributed by atoms with Gasteiger partial charge >= 0.3 is 108 Å². The molecular formula is C16H31P. The fourth-order valence-corrected chi connectivity index (χ4v) is 12.6. The molecule has 0 bridgehead atoms. The molecule has 0 heterocycles. The van der Waals surface area contributed by atoms with Gasteiger partial charge in [-0.05, 0) is 0 Å². The van der Waals surface area contributed by atoms with Crippen LogP contribution < -0.4 is 0 Å². The SMILES string of the molecule is C[PH](C1CCCC1)(C1CCCC1)C1CCCC1. The Hall–Kier alpha value is 0.430. The third kappa shape index (κ3) is 2.20. The molecule has 3 aliphatic rings. The molecule has 0 aromatic heterocycles. The van der Waals surface area contributed by atoms with Crippen molar-refractivity contribution in [3.63, 3.8) is 0 Å². The van der Waals surface area contributed by atoms with Gasteiger partial charge in [-0.3, -0.25) is 0 Å². The van der Waals surface area contributed by atoms with Gasteiger partial charge in [-0.15, -0.1) is 0 Å². The molecule has 1 heteroatoms. The average Bonchev–Trinajstić information content (AvgIpc) is 3.10. The average molecular weight is 254 g/mol. The zero-order valence-corrected chi connectivity index (χ0v) is 12.7. The van der Waals surface area contributed by atoms with Crippen LogP contribution >= 0.6 is 7.26 Å². The molecule has 0 aromatic carbocycles. The standard InChI is InChI=1S/C16H31P/c1-17(14-8-2-3-9-14,15-10-4-5-11-15)16-12-6-7-13-16/h14-17H,2-13H2,1H3. The van der Waals surface area contributed by atoms with E-state index in [-0.39, 0.29) is 0 Å². The minimum atomic E-state index is -0.950. The first kappa shape index (κ1) is 12.5. The fourth-order valence-electron chi connectivity index (χ4n) is 5.64. The van der Waals surface area contributed by atoms with Gasteiger partial charge in [-0.25, -0.2) is 0 Å². The van der Waals surface area contributed by atoms with Gasteiger partial charge in [0.1, 0.15) is 0 Å². The van der Waals surface area contributed by atoms with Gasteiger partial charge in [-0.1, -0.05) is 0 Å². The molecule has 3 saturated carbocycles. The normalized spacial score (nSPS) is 30.4. The zero-order valence-electron chi connectivity index (χ0n) is 11.7. The first-order valence-electron chi connectivity index (χ1n) is 8.32. The molecule has 0 aliphatic heterocycles. The van der Waals surface area contributed by atoms with Gasteiger partial charge in [-0.2, -0.15) is 0 Å². The Balaban J connectivity index is 1.81. The Kier molecular flexibility index (Phi) is 3.81. The molecule has 0 spiro atoms. The summed E-state index contributed by atoms with van der Waals surface area (Å²) in [6.07, 6.45) is 19.1. The monoisotopic (exact) mass is 254 g/mol. The minimum absolute atomic E-state index is 0.950. The van der Waals surface area contributed by atoms with Crippen molar-refractivity contribution >= 4 is 7.26 Å². The van der Waals surface area contributed by atoms with E-state index in [1.807, 2.05) is 0 Å². The van der Waals surface area contributed by atoms with Crippen molar-refractivity contribution < 1.29 is 0 Å². The van der Waals surface area contributed by atoms with Crippen LogP contribution in [0.15, 0.2) is 0 Å². The van der Waals surface area contributed by atoms with Crippen LogP contribution in [0.1, 0.15) is 77.0 Å². The zero-order chi connectivity index (χ0) is 11.7. The van der Waals surface area contributed by atoms with Crippen molar-refractivity contribution in [1.29, 1.82) is 0 Å². The van der Waals surface area contributed by atoms with Crippen molar-refractivity contribution in [3.05, 3.63) is 0 Å². The maximum absolute atomic E-state index is 2.86. The third-order valence-electron chi connectivity index (χ3n) is 6.70. The first-order valence-corrected chi connectivity index (χ1v) is 11.0. The maximum atomic E-state index is 2.86. The summed E-state index contributed by atoms with van der Waals surface area (Å²) >= 11 is 0. The topological polar surface area (TPSA) is 0 Å². The molecule has 3 rings (SSSR count). The third-order valence-corrected chi connectivity index (χ3v) is 13.7. The van der Waals surface area contributed by atoms with Gasteiger partial charge < -0.3 is 0 Å². The summed E-state index contributed by atoms with van der Waals surface area (Å²) in [6, 6.07) is 0. The second kappa shape index (κ2) is 5.20. The van der Waals surface area contributed by atoms with Crippen molar-refractivity contribution in [2.45, 2.75) is 94.0 Å². The molecule has 0 radical (unpaired) electrons. The van der Waals surface area contributed by atoms with Crippen molar-refractivity contribution in [2.24, 2.45) is 0 Å². The van der Waals surface area contributed by atoms with Gasteiger partial charge in [0.2, 0.25) is 0 Å². The van der Waals surface area contributed by atoms with Crippen LogP contribution in [0.5, 0.6) is 0 Å². The van der Waals surface area contributed by atoms with Crippen LogP contribution in [-0.4, -0.2) is 23.6 Å². The molecule has 0 saturated heterocycles. The Morgan fingerprint density at radius 2 is 0.765 bits per heavy atom. The van der Waals surface area contributed by atoms with E-state index in [9.17, 15) is 0 Å². The predicted octanol–water partition coefficient (Wildman–Crippen LogP) is 5.19. The van der Waals surface area contributed by atoms with E-state index in [1.54, 1.807) is 77.0 Å². The van der Waals surface area contributed by atoms with E-state index >= 15 is 0 Å². The van der Waals surface area contributed by atoms with E-state index in [0.29, 0.717) is 0 Å². The summed E-state index contributed by atoms with van der Waals surface area (Å²) in [4.78, 5) is 0. The molecule has 0 unspecified atom stereocenters. The van der Waals surface area contributed by atoms with Crippen LogP contribution in [0.4, 0.5) is 0 Å². The summed E-state index contributed by atoms with van der Waals surface area (Å²) in [5.74, 6) is 0. The summed E-state index contributed by atoms with van der Waals surface area (Å²) in [5, 5.41) is 0. The molecule has 17 heavy (non-hydrogen) atoms. The molecule has 3 fully saturated rings. The molecule has 0 nitrogen and oxygen atoms in total.